The normalized spacial score (nSPS) is 15.4. The van der Waals surface area contributed by atoms with Crippen LogP contribution < -0.4 is 5.32 Å². The van der Waals surface area contributed by atoms with E-state index >= 15 is 0 Å². The summed E-state index contributed by atoms with van der Waals surface area (Å²) in [5, 5.41) is 3.66. The number of hydrogen-bond donors (Lipinski definition) is 1. The number of aromatic nitrogens is 1. The maximum atomic E-state index is 12.2. The molecule has 108 valence electrons. The highest BCUT2D eigenvalue weighted by molar-refractivity contribution is 6.33. The van der Waals surface area contributed by atoms with Gasteiger partial charge in [-0.15, -0.1) is 24.8 Å². The SMILES string of the molecule is CNC1CCN(C(=O)c2ccncc2Cl)CC1.Cl.Cl. The Morgan fingerprint density at radius 3 is 2.58 bits per heavy atom. The van der Waals surface area contributed by atoms with Crippen LogP contribution in [0, 0.1) is 0 Å². The van der Waals surface area contributed by atoms with Gasteiger partial charge in [-0.1, -0.05) is 11.6 Å². The van der Waals surface area contributed by atoms with Crippen LogP contribution in [-0.4, -0.2) is 42.0 Å². The summed E-state index contributed by atoms with van der Waals surface area (Å²) in [6.07, 6.45) is 5.09. The zero-order chi connectivity index (χ0) is 12.3. The van der Waals surface area contributed by atoms with E-state index in [1.807, 2.05) is 11.9 Å². The van der Waals surface area contributed by atoms with E-state index in [2.05, 4.69) is 10.3 Å². The molecule has 0 aromatic carbocycles. The number of piperidine rings is 1. The number of hydrogen-bond acceptors (Lipinski definition) is 3. The number of amides is 1. The van der Waals surface area contributed by atoms with Gasteiger partial charge in [0.25, 0.3) is 5.91 Å². The third kappa shape index (κ3) is 4.49. The van der Waals surface area contributed by atoms with E-state index in [9.17, 15) is 4.79 Å². The molecule has 1 aliphatic heterocycles. The van der Waals surface area contributed by atoms with Crippen LogP contribution in [0.3, 0.4) is 0 Å². The molecule has 1 aromatic heterocycles. The molecule has 0 radical (unpaired) electrons. The molecule has 0 unspecified atom stereocenters. The van der Waals surface area contributed by atoms with Crippen molar-refractivity contribution in [1.82, 2.24) is 15.2 Å². The zero-order valence-corrected chi connectivity index (χ0v) is 13.0. The van der Waals surface area contributed by atoms with Crippen molar-refractivity contribution in [2.24, 2.45) is 0 Å². The lowest BCUT2D eigenvalue weighted by Crippen LogP contribution is -2.44. The van der Waals surface area contributed by atoms with E-state index in [-0.39, 0.29) is 30.7 Å². The number of nitrogens with zero attached hydrogens (tertiary/aromatic N) is 2. The van der Waals surface area contributed by atoms with Gasteiger partial charge in [-0.3, -0.25) is 9.78 Å². The minimum atomic E-state index is 0. The first-order valence-corrected chi connectivity index (χ1v) is 6.16. The first-order valence-electron chi connectivity index (χ1n) is 5.78. The summed E-state index contributed by atoms with van der Waals surface area (Å²) in [5.41, 5.74) is 0.546. The van der Waals surface area contributed by atoms with Gasteiger partial charge in [-0.05, 0) is 26.0 Å². The van der Waals surface area contributed by atoms with Crippen molar-refractivity contribution in [2.45, 2.75) is 18.9 Å². The number of carbonyl (C=O) groups excluding carboxylic acids is 1. The maximum Gasteiger partial charge on any atom is 0.255 e. The molecule has 1 fully saturated rings. The standard InChI is InChI=1S/C12H16ClN3O.2ClH/c1-14-9-3-6-16(7-4-9)12(17)10-2-5-15-8-11(10)13;;/h2,5,8-9,14H,3-4,6-7H2,1H3;2*1H. The number of halogens is 3. The first-order chi connectivity index (χ1) is 8.22. The van der Waals surface area contributed by atoms with Gasteiger partial charge in [0.2, 0.25) is 0 Å². The minimum Gasteiger partial charge on any atom is -0.338 e. The summed E-state index contributed by atoms with van der Waals surface area (Å²) in [5.74, 6) is 0.00644. The van der Waals surface area contributed by atoms with Crippen molar-refractivity contribution >= 4 is 42.3 Å². The van der Waals surface area contributed by atoms with Gasteiger partial charge in [-0.25, -0.2) is 0 Å². The molecular formula is C12H18Cl3N3O. The molecule has 2 heterocycles. The number of likely N-dealkylation sites (tertiary alicyclic amines) is 1. The molecular weight excluding hydrogens is 309 g/mol. The van der Waals surface area contributed by atoms with Crippen LogP contribution in [0.1, 0.15) is 23.2 Å². The largest absolute Gasteiger partial charge is 0.338 e. The predicted octanol–water partition coefficient (Wildman–Crippen LogP) is 2.40. The second-order valence-electron chi connectivity index (χ2n) is 4.21. The van der Waals surface area contributed by atoms with Crippen LogP contribution in [-0.2, 0) is 0 Å². The smallest absolute Gasteiger partial charge is 0.255 e. The molecule has 1 aliphatic rings. The lowest BCUT2D eigenvalue weighted by Gasteiger charge is -2.32. The Labute approximate surface area is 130 Å². The second-order valence-corrected chi connectivity index (χ2v) is 4.62. The van der Waals surface area contributed by atoms with Gasteiger partial charge in [0.1, 0.15) is 0 Å². The maximum absolute atomic E-state index is 12.2. The average molecular weight is 327 g/mol. The Balaban J connectivity index is 0.00000162. The molecule has 1 aromatic rings. The van der Waals surface area contributed by atoms with E-state index in [0.29, 0.717) is 16.6 Å². The summed E-state index contributed by atoms with van der Waals surface area (Å²) in [6.45, 7) is 1.56. The Bertz CT molecular complexity index is 409. The lowest BCUT2D eigenvalue weighted by molar-refractivity contribution is 0.0707. The zero-order valence-electron chi connectivity index (χ0n) is 10.6. The minimum absolute atomic E-state index is 0. The summed E-state index contributed by atoms with van der Waals surface area (Å²) < 4.78 is 0. The van der Waals surface area contributed by atoms with Gasteiger partial charge in [0, 0.05) is 31.5 Å². The number of nitrogens with one attached hydrogen (secondary N) is 1. The molecule has 0 aliphatic carbocycles. The fraction of sp³-hybridized carbons (Fsp3) is 0.500. The quantitative estimate of drug-likeness (QED) is 0.908. The van der Waals surface area contributed by atoms with Crippen molar-refractivity contribution in [3.63, 3.8) is 0 Å². The molecule has 0 atom stereocenters. The van der Waals surface area contributed by atoms with Gasteiger partial charge in [0.15, 0.2) is 0 Å². The lowest BCUT2D eigenvalue weighted by atomic mass is 10.0. The highest BCUT2D eigenvalue weighted by Gasteiger charge is 2.23. The Hall–Kier alpha value is -0.550. The van der Waals surface area contributed by atoms with Crippen LogP contribution in [0.5, 0.6) is 0 Å². The van der Waals surface area contributed by atoms with Gasteiger partial charge < -0.3 is 10.2 Å². The van der Waals surface area contributed by atoms with E-state index in [4.69, 9.17) is 11.6 Å². The third-order valence-corrected chi connectivity index (χ3v) is 3.49. The molecule has 1 N–H and O–H groups in total. The van der Waals surface area contributed by atoms with E-state index in [1.165, 1.54) is 6.20 Å². The van der Waals surface area contributed by atoms with Crippen molar-refractivity contribution in [2.75, 3.05) is 20.1 Å². The van der Waals surface area contributed by atoms with Gasteiger partial charge >= 0.3 is 0 Å². The number of carbonyl (C=O) groups is 1. The van der Waals surface area contributed by atoms with Crippen LogP contribution in [0.4, 0.5) is 0 Å². The van der Waals surface area contributed by atoms with Gasteiger partial charge in [0.05, 0.1) is 10.6 Å². The van der Waals surface area contributed by atoms with Crippen LogP contribution >= 0.6 is 36.4 Å². The number of pyridine rings is 1. The highest BCUT2D eigenvalue weighted by atomic mass is 35.5. The van der Waals surface area contributed by atoms with E-state index in [1.54, 1.807) is 12.3 Å². The first kappa shape index (κ1) is 18.4. The predicted molar refractivity (Wildman–Crippen MR) is 81.7 cm³/mol. The molecule has 19 heavy (non-hydrogen) atoms. The summed E-state index contributed by atoms with van der Waals surface area (Å²) in [4.78, 5) is 18.0. The Kier molecular flexibility index (Phi) is 8.34. The summed E-state index contributed by atoms with van der Waals surface area (Å²) >= 11 is 5.97. The summed E-state index contributed by atoms with van der Waals surface area (Å²) in [7, 11) is 1.96. The molecule has 1 amide bonds. The highest BCUT2D eigenvalue weighted by Crippen LogP contribution is 2.18. The summed E-state index contributed by atoms with van der Waals surface area (Å²) in [6, 6.07) is 2.20. The number of rotatable bonds is 2. The van der Waals surface area contributed by atoms with Crippen molar-refractivity contribution < 1.29 is 4.79 Å². The van der Waals surface area contributed by atoms with Gasteiger partial charge in [-0.2, -0.15) is 0 Å². The molecule has 1 saturated heterocycles. The molecule has 0 saturated carbocycles. The van der Waals surface area contributed by atoms with Crippen LogP contribution in [0.2, 0.25) is 5.02 Å². The molecule has 0 bridgehead atoms. The van der Waals surface area contributed by atoms with E-state index < -0.39 is 0 Å². The topological polar surface area (TPSA) is 45.2 Å². The third-order valence-electron chi connectivity index (χ3n) is 3.19. The van der Waals surface area contributed by atoms with E-state index in [0.717, 1.165) is 25.9 Å². The fourth-order valence-corrected chi connectivity index (χ4v) is 2.29. The Morgan fingerprint density at radius 2 is 2.05 bits per heavy atom. The van der Waals surface area contributed by atoms with Crippen molar-refractivity contribution in [3.05, 3.63) is 29.0 Å². The molecule has 7 heteroatoms. The second kappa shape index (κ2) is 8.59. The van der Waals surface area contributed by atoms with Crippen molar-refractivity contribution in [1.29, 1.82) is 0 Å². The fourth-order valence-electron chi connectivity index (χ4n) is 2.09. The van der Waals surface area contributed by atoms with Crippen LogP contribution in [0.25, 0.3) is 0 Å². The molecule has 2 rings (SSSR count). The van der Waals surface area contributed by atoms with Crippen molar-refractivity contribution in [3.8, 4) is 0 Å². The van der Waals surface area contributed by atoms with Crippen LogP contribution in [0.15, 0.2) is 18.5 Å². The average Bonchev–Trinajstić information content (AvgIpc) is 2.39. The molecule has 4 nitrogen and oxygen atoms in total. The monoisotopic (exact) mass is 325 g/mol. The Morgan fingerprint density at radius 1 is 1.42 bits per heavy atom. The molecule has 0 spiro atoms.